The van der Waals surface area contributed by atoms with Crippen molar-refractivity contribution in [1.82, 2.24) is 10.2 Å². The Hall–Kier alpha value is -1.89. The van der Waals surface area contributed by atoms with Gasteiger partial charge in [0, 0.05) is 12.6 Å². The highest BCUT2D eigenvalue weighted by Crippen LogP contribution is 2.26. The van der Waals surface area contributed by atoms with Crippen molar-refractivity contribution in [3.63, 3.8) is 0 Å². The fourth-order valence-corrected chi connectivity index (χ4v) is 2.76. The first kappa shape index (κ1) is 17.5. The van der Waals surface area contributed by atoms with Gasteiger partial charge in [-0.3, -0.25) is 0 Å². The Morgan fingerprint density at radius 1 is 1.48 bits per heavy atom. The third-order valence-corrected chi connectivity index (χ3v) is 3.86. The molecule has 1 aromatic rings. The Morgan fingerprint density at radius 3 is 2.87 bits per heavy atom. The van der Waals surface area contributed by atoms with Gasteiger partial charge in [0.2, 0.25) is 0 Å². The lowest BCUT2D eigenvalue weighted by atomic mass is 9.97. The van der Waals surface area contributed by atoms with Crippen molar-refractivity contribution in [2.75, 3.05) is 19.7 Å². The van der Waals surface area contributed by atoms with E-state index in [9.17, 15) is 18.7 Å². The summed E-state index contributed by atoms with van der Waals surface area (Å²) in [5.41, 5.74) is -0.957. The Morgan fingerprint density at radius 2 is 2.22 bits per heavy atom. The van der Waals surface area contributed by atoms with E-state index >= 15 is 0 Å². The summed E-state index contributed by atoms with van der Waals surface area (Å²) in [5, 5.41) is 12.8. The fraction of sp³-hybridized carbons (Fsp3) is 0.562. The Kier molecular flexibility index (Phi) is 5.41. The van der Waals surface area contributed by atoms with Crippen LogP contribution in [0.5, 0.6) is 5.75 Å². The van der Waals surface area contributed by atoms with Crippen LogP contribution < -0.4 is 10.1 Å². The van der Waals surface area contributed by atoms with Gasteiger partial charge in [-0.25, -0.2) is 13.6 Å². The molecule has 0 aliphatic carbocycles. The summed E-state index contributed by atoms with van der Waals surface area (Å²) in [6.07, 6.45) is 1.60. The molecule has 1 saturated heterocycles. The molecule has 0 spiro atoms. The Labute approximate surface area is 134 Å². The van der Waals surface area contributed by atoms with Gasteiger partial charge in [-0.15, -0.1) is 0 Å². The molecule has 2 N–H and O–H groups in total. The zero-order valence-corrected chi connectivity index (χ0v) is 13.3. The van der Waals surface area contributed by atoms with Crippen LogP contribution in [0.3, 0.4) is 0 Å². The van der Waals surface area contributed by atoms with Gasteiger partial charge < -0.3 is 20.1 Å². The molecule has 0 bridgehead atoms. The van der Waals surface area contributed by atoms with Crippen molar-refractivity contribution >= 4 is 6.03 Å². The first-order valence-corrected chi connectivity index (χ1v) is 7.64. The molecule has 1 aromatic carbocycles. The number of amides is 2. The van der Waals surface area contributed by atoms with Crippen molar-refractivity contribution in [3.8, 4) is 5.75 Å². The minimum Gasteiger partial charge on any atom is -0.489 e. The highest BCUT2D eigenvalue weighted by Gasteiger charge is 2.38. The molecule has 1 atom stereocenters. The summed E-state index contributed by atoms with van der Waals surface area (Å²) >= 11 is 0. The van der Waals surface area contributed by atoms with Gasteiger partial charge in [0.1, 0.15) is 12.4 Å². The molecule has 1 heterocycles. The topological polar surface area (TPSA) is 61.8 Å². The average Bonchev–Trinajstić information content (AvgIpc) is 2.94. The van der Waals surface area contributed by atoms with Crippen LogP contribution in [0, 0.1) is 11.6 Å². The first-order valence-electron chi connectivity index (χ1n) is 7.64. The maximum Gasteiger partial charge on any atom is 0.317 e. The molecule has 1 fully saturated rings. The summed E-state index contributed by atoms with van der Waals surface area (Å²) in [6, 6.07) is 2.55. The maximum absolute atomic E-state index is 13.4. The molecule has 5 nitrogen and oxygen atoms in total. The van der Waals surface area contributed by atoms with Crippen molar-refractivity contribution in [3.05, 3.63) is 29.8 Å². The van der Waals surface area contributed by atoms with Crippen molar-refractivity contribution in [1.29, 1.82) is 0 Å². The summed E-state index contributed by atoms with van der Waals surface area (Å²) in [7, 11) is 0. The van der Waals surface area contributed by atoms with Crippen LogP contribution in [-0.2, 0) is 0 Å². The molecule has 7 heteroatoms. The highest BCUT2D eigenvalue weighted by molar-refractivity contribution is 5.75. The van der Waals surface area contributed by atoms with E-state index in [0.29, 0.717) is 6.54 Å². The second-order valence-corrected chi connectivity index (χ2v) is 6.16. The van der Waals surface area contributed by atoms with Gasteiger partial charge in [-0.05, 0) is 38.8 Å². The molecular formula is C16H22F2N2O3. The number of halogens is 2. The summed E-state index contributed by atoms with van der Waals surface area (Å²) < 4.78 is 31.3. The van der Waals surface area contributed by atoms with Crippen molar-refractivity contribution in [2.45, 2.75) is 38.3 Å². The van der Waals surface area contributed by atoms with E-state index in [4.69, 9.17) is 4.74 Å². The van der Waals surface area contributed by atoms with Gasteiger partial charge in [0.25, 0.3) is 0 Å². The minimum atomic E-state index is -0.957. The van der Waals surface area contributed by atoms with Gasteiger partial charge in [0.05, 0.1) is 18.2 Å². The zero-order valence-electron chi connectivity index (χ0n) is 13.3. The first-order chi connectivity index (χ1) is 10.8. The number of urea groups is 1. The third-order valence-electron chi connectivity index (χ3n) is 3.86. The van der Waals surface area contributed by atoms with E-state index < -0.39 is 17.2 Å². The number of nitrogens with one attached hydrogen (secondary N) is 1. The largest absolute Gasteiger partial charge is 0.489 e. The summed E-state index contributed by atoms with van der Waals surface area (Å²) in [4.78, 5) is 13.8. The van der Waals surface area contributed by atoms with E-state index in [1.54, 1.807) is 18.7 Å². The van der Waals surface area contributed by atoms with Gasteiger partial charge >= 0.3 is 6.03 Å². The summed E-state index contributed by atoms with van der Waals surface area (Å²) in [6.45, 7) is 4.21. The van der Waals surface area contributed by atoms with Gasteiger partial charge in [-0.1, -0.05) is 0 Å². The molecule has 0 aromatic heterocycles. The number of likely N-dealkylation sites (tertiary alicyclic amines) is 1. The number of hydrogen-bond acceptors (Lipinski definition) is 3. The number of ether oxygens (including phenoxy) is 1. The van der Waals surface area contributed by atoms with Crippen LogP contribution in [0.15, 0.2) is 18.2 Å². The number of benzene rings is 1. The second-order valence-electron chi connectivity index (χ2n) is 6.16. The number of carbonyl (C=O) groups excluding carboxylic acids is 1. The van der Waals surface area contributed by atoms with E-state index in [1.807, 2.05) is 0 Å². The second kappa shape index (κ2) is 7.12. The molecule has 0 unspecified atom stereocenters. The minimum absolute atomic E-state index is 0.0591. The SMILES string of the molecule is CC(C)(O)[C@@H]1CCCN1C(=O)NCCOc1ccc(F)cc1F. The molecular weight excluding hydrogens is 306 g/mol. The number of aliphatic hydroxyl groups is 1. The normalized spacial score (nSPS) is 18.1. The smallest absolute Gasteiger partial charge is 0.317 e. The average molecular weight is 328 g/mol. The van der Waals surface area contributed by atoms with Crippen molar-refractivity contribution in [2.24, 2.45) is 0 Å². The van der Waals surface area contributed by atoms with E-state index in [1.165, 1.54) is 6.07 Å². The molecule has 0 radical (unpaired) electrons. The quantitative estimate of drug-likeness (QED) is 0.815. The maximum atomic E-state index is 13.4. The van der Waals surface area contributed by atoms with E-state index in [-0.39, 0.29) is 31.0 Å². The van der Waals surface area contributed by atoms with Crippen LogP contribution >= 0.6 is 0 Å². The van der Waals surface area contributed by atoms with Crippen LogP contribution in [0.4, 0.5) is 13.6 Å². The molecule has 2 amide bonds. The van der Waals surface area contributed by atoms with Crippen LogP contribution in [0.25, 0.3) is 0 Å². The Bertz CT molecular complexity index is 561. The molecule has 1 aliphatic rings. The molecule has 2 rings (SSSR count). The van der Waals surface area contributed by atoms with E-state index in [0.717, 1.165) is 25.0 Å². The molecule has 0 saturated carbocycles. The Balaban J connectivity index is 1.79. The fourth-order valence-electron chi connectivity index (χ4n) is 2.76. The highest BCUT2D eigenvalue weighted by atomic mass is 19.1. The predicted molar refractivity (Wildman–Crippen MR) is 81.3 cm³/mol. The lowest BCUT2D eigenvalue weighted by molar-refractivity contribution is 0.00976. The van der Waals surface area contributed by atoms with Crippen LogP contribution in [0.2, 0.25) is 0 Å². The number of carbonyl (C=O) groups is 1. The molecule has 23 heavy (non-hydrogen) atoms. The number of nitrogens with zero attached hydrogens (tertiary/aromatic N) is 1. The lowest BCUT2D eigenvalue weighted by Crippen LogP contribution is -2.51. The summed E-state index contributed by atoms with van der Waals surface area (Å²) in [5.74, 6) is -1.51. The number of hydrogen-bond donors (Lipinski definition) is 2. The number of rotatable bonds is 5. The third kappa shape index (κ3) is 4.54. The van der Waals surface area contributed by atoms with Crippen LogP contribution in [0.1, 0.15) is 26.7 Å². The monoisotopic (exact) mass is 328 g/mol. The molecule has 128 valence electrons. The standard InChI is InChI=1S/C16H22F2N2O3/c1-16(2,22)14-4-3-8-20(14)15(21)19-7-9-23-13-6-5-11(17)10-12(13)18/h5-6,10,14,22H,3-4,7-9H2,1-2H3,(H,19,21)/t14-/m0/s1. The van der Waals surface area contributed by atoms with Gasteiger partial charge in [-0.2, -0.15) is 0 Å². The van der Waals surface area contributed by atoms with Gasteiger partial charge in [0.15, 0.2) is 11.6 Å². The van der Waals surface area contributed by atoms with E-state index in [2.05, 4.69) is 5.32 Å². The molecule has 1 aliphatic heterocycles. The van der Waals surface area contributed by atoms with Crippen molar-refractivity contribution < 1.29 is 23.4 Å². The zero-order chi connectivity index (χ0) is 17.0. The lowest BCUT2D eigenvalue weighted by Gasteiger charge is -2.33. The van der Waals surface area contributed by atoms with Crippen LogP contribution in [-0.4, -0.2) is 47.4 Å². The predicted octanol–water partition coefficient (Wildman–Crippen LogP) is 2.29.